The Morgan fingerprint density at radius 3 is 2.29 bits per heavy atom. The third-order valence-corrected chi connectivity index (χ3v) is 6.26. The van der Waals surface area contributed by atoms with Crippen molar-refractivity contribution in [2.24, 2.45) is 5.92 Å². The Balaban J connectivity index is 1.78. The van der Waals surface area contributed by atoms with Gasteiger partial charge in [-0.2, -0.15) is 13.2 Å². The number of hydrogen-bond acceptors (Lipinski definition) is 7. The minimum Gasteiger partial charge on any atom is -0.456 e. The molecule has 2 aliphatic rings. The molecule has 2 heterocycles. The highest BCUT2D eigenvalue weighted by molar-refractivity contribution is 5.84. The Kier molecular flexibility index (Phi) is 5.95. The van der Waals surface area contributed by atoms with E-state index in [1.54, 1.807) is 24.3 Å². The molecule has 2 unspecified atom stereocenters. The summed E-state index contributed by atoms with van der Waals surface area (Å²) in [6.45, 7) is 2.98. The monoisotopic (exact) mass is 480 g/mol. The van der Waals surface area contributed by atoms with Gasteiger partial charge in [-0.1, -0.05) is 48.5 Å². The summed E-state index contributed by atoms with van der Waals surface area (Å²) in [6, 6.07) is 12.8. The van der Waals surface area contributed by atoms with E-state index in [9.17, 15) is 27.9 Å². The number of esters is 2. The average Bonchev–Trinajstić information content (AvgIpc) is 2.77. The van der Waals surface area contributed by atoms with Gasteiger partial charge in [-0.3, -0.25) is 4.79 Å². The summed E-state index contributed by atoms with van der Waals surface area (Å²) in [4.78, 5) is 26.1. The van der Waals surface area contributed by atoms with Gasteiger partial charge in [0, 0.05) is 18.2 Å². The SMILES string of the molecule is CO[C@@](C(=O)O[C@@H]1C2C(=O)Oc3ccccc3C2OC(C)(C)[C@@H]1O)(c1ccccc1)C(F)(F)F. The molecule has 7 nitrogen and oxygen atoms in total. The van der Waals surface area contributed by atoms with Gasteiger partial charge in [-0.25, -0.2) is 4.79 Å². The first-order chi connectivity index (χ1) is 15.9. The summed E-state index contributed by atoms with van der Waals surface area (Å²) in [5, 5.41) is 10.9. The topological polar surface area (TPSA) is 91.3 Å². The molecule has 4 rings (SSSR count). The van der Waals surface area contributed by atoms with Crippen LogP contribution in [0.5, 0.6) is 5.75 Å². The zero-order valence-electron chi connectivity index (χ0n) is 18.5. The summed E-state index contributed by atoms with van der Waals surface area (Å²) >= 11 is 0. The molecule has 5 atom stereocenters. The molecule has 1 fully saturated rings. The molecule has 2 aromatic carbocycles. The Hall–Kier alpha value is -2.95. The van der Waals surface area contributed by atoms with E-state index in [4.69, 9.17) is 18.9 Å². The zero-order chi connectivity index (χ0) is 24.9. The van der Waals surface area contributed by atoms with Crippen molar-refractivity contribution in [1.29, 1.82) is 0 Å². The molecule has 0 amide bonds. The summed E-state index contributed by atoms with van der Waals surface area (Å²) in [7, 11) is 0.736. The number of halogens is 3. The highest BCUT2D eigenvalue weighted by atomic mass is 19.4. The number of methoxy groups -OCH3 is 1. The number of hydrogen-bond donors (Lipinski definition) is 1. The van der Waals surface area contributed by atoms with Gasteiger partial charge < -0.3 is 24.1 Å². The normalized spacial score (nSPS) is 27.6. The highest BCUT2D eigenvalue weighted by Gasteiger charge is 2.66. The first-order valence-corrected chi connectivity index (χ1v) is 10.5. The largest absolute Gasteiger partial charge is 0.456 e. The van der Waals surface area contributed by atoms with Crippen LogP contribution in [0, 0.1) is 5.92 Å². The van der Waals surface area contributed by atoms with E-state index in [-0.39, 0.29) is 5.75 Å². The maximum atomic E-state index is 14.3. The molecule has 182 valence electrons. The molecule has 34 heavy (non-hydrogen) atoms. The van der Waals surface area contributed by atoms with E-state index in [0.29, 0.717) is 5.56 Å². The number of benzene rings is 2. The predicted octanol–water partition coefficient (Wildman–Crippen LogP) is 3.45. The van der Waals surface area contributed by atoms with Crippen LogP contribution in [0.15, 0.2) is 54.6 Å². The number of para-hydroxylation sites is 1. The van der Waals surface area contributed by atoms with Crippen molar-refractivity contribution in [2.75, 3.05) is 7.11 Å². The van der Waals surface area contributed by atoms with Gasteiger partial charge in [0.2, 0.25) is 0 Å². The fraction of sp³-hybridized carbons (Fsp3) is 0.417. The zero-order valence-corrected chi connectivity index (χ0v) is 18.5. The van der Waals surface area contributed by atoms with E-state index in [1.165, 1.54) is 32.0 Å². The summed E-state index contributed by atoms with van der Waals surface area (Å²) in [6.07, 6.45) is -9.59. The smallest absolute Gasteiger partial charge is 0.432 e. The molecule has 2 aliphatic heterocycles. The third kappa shape index (κ3) is 3.66. The van der Waals surface area contributed by atoms with Crippen molar-refractivity contribution in [3.63, 3.8) is 0 Å². The number of aliphatic hydroxyl groups excluding tert-OH is 1. The van der Waals surface area contributed by atoms with Gasteiger partial charge >= 0.3 is 18.1 Å². The van der Waals surface area contributed by atoms with Crippen molar-refractivity contribution in [1.82, 2.24) is 0 Å². The molecule has 1 N–H and O–H groups in total. The second-order valence-corrected chi connectivity index (χ2v) is 8.69. The van der Waals surface area contributed by atoms with Crippen LogP contribution in [0.25, 0.3) is 0 Å². The van der Waals surface area contributed by atoms with Gasteiger partial charge in [-0.15, -0.1) is 0 Å². The second kappa shape index (κ2) is 8.37. The minimum atomic E-state index is -5.22. The standard InChI is InChI=1S/C24H23F3O7/c1-22(2)19(28)18(16-17(34-22)14-11-7-8-12-15(14)32-20(16)29)33-21(30)23(31-3,24(25,26)27)13-9-5-4-6-10-13/h4-12,16-19,28H,1-3H3/t16?,17?,18-,19-,23-/m1/s1. The number of fused-ring (bicyclic) bond motifs is 3. The number of aliphatic hydroxyl groups is 1. The minimum absolute atomic E-state index is 0.219. The van der Waals surface area contributed by atoms with Gasteiger partial charge in [0.05, 0.1) is 5.60 Å². The fourth-order valence-corrected chi connectivity index (χ4v) is 4.47. The van der Waals surface area contributed by atoms with Crippen molar-refractivity contribution in [3.8, 4) is 5.75 Å². The van der Waals surface area contributed by atoms with Crippen LogP contribution in [0.4, 0.5) is 13.2 Å². The molecule has 0 bridgehead atoms. The molecule has 10 heteroatoms. The van der Waals surface area contributed by atoms with Crippen LogP contribution < -0.4 is 4.74 Å². The van der Waals surface area contributed by atoms with E-state index in [0.717, 1.165) is 19.2 Å². The lowest BCUT2D eigenvalue weighted by atomic mass is 9.77. The number of carbonyl (C=O) groups is 2. The van der Waals surface area contributed by atoms with Crippen LogP contribution in [0.3, 0.4) is 0 Å². The van der Waals surface area contributed by atoms with Crippen molar-refractivity contribution in [3.05, 3.63) is 65.7 Å². The third-order valence-electron chi connectivity index (χ3n) is 6.26. The van der Waals surface area contributed by atoms with Crippen LogP contribution >= 0.6 is 0 Å². The number of ether oxygens (including phenoxy) is 4. The molecule has 0 aromatic heterocycles. The average molecular weight is 480 g/mol. The first kappa shape index (κ1) is 24.2. The quantitative estimate of drug-likeness (QED) is 0.530. The number of alkyl halides is 3. The molecular weight excluding hydrogens is 457 g/mol. The van der Waals surface area contributed by atoms with E-state index in [2.05, 4.69) is 0 Å². The van der Waals surface area contributed by atoms with Gasteiger partial charge in [0.25, 0.3) is 5.60 Å². The Morgan fingerprint density at radius 1 is 1.06 bits per heavy atom. The Bertz CT molecular complexity index is 1090. The van der Waals surface area contributed by atoms with Crippen LogP contribution in [0.2, 0.25) is 0 Å². The lowest BCUT2D eigenvalue weighted by molar-refractivity contribution is -0.291. The van der Waals surface area contributed by atoms with E-state index in [1.807, 2.05) is 0 Å². The van der Waals surface area contributed by atoms with Gasteiger partial charge in [-0.05, 0) is 19.9 Å². The molecule has 0 radical (unpaired) electrons. The molecule has 0 aliphatic carbocycles. The molecule has 0 spiro atoms. The summed E-state index contributed by atoms with van der Waals surface area (Å²) < 4.78 is 64.3. The summed E-state index contributed by atoms with van der Waals surface area (Å²) in [5.74, 6) is -3.90. The Labute approximate surface area is 193 Å². The Morgan fingerprint density at radius 2 is 1.68 bits per heavy atom. The molecule has 1 saturated heterocycles. The second-order valence-electron chi connectivity index (χ2n) is 8.69. The van der Waals surface area contributed by atoms with Crippen LogP contribution in [-0.2, 0) is 29.4 Å². The molecular formula is C24H23F3O7. The van der Waals surface area contributed by atoms with Gasteiger partial charge in [0.1, 0.15) is 30.0 Å². The van der Waals surface area contributed by atoms with Crippen LogP contribution in [0.1, 0.15) is 31.1 Å². The first-order valence-electron chi connectivity index (χ1n) is 10.5. The van der Waals surface area contributed by atoms with Crippen molar-refractivity contribution in [2.45, 2.75) is 49.5 Å². The molecule has 0 saturated carbocycles. The highest BCUT2D eigenvalue weighted by Crippen LogP contribution is 2.50. The van der Waals surface area contributed by atoms with Gasteiger partial charge in [0.15, 0.2) is 0 Å². The fourth-order valence-electron chi connectivity index (χ4n) is 4.47. The predicted molar refractivity (Wildman–Crippen MR) is 111 cm³/mol. The molecule has 2 aromatic rings. The lowest BCUT2D eigenvalue weighted by Crippen LogP contribution is -2.63. The number of rotatable bonds is 4. The van der Waals surface area contributed by atoms with Crippen molar-refractivity contribution >= 4 is 11.9 Å². The number of carbonyl (C=O) groups excluding carboxylic acids is 2. The van der Waals surface area contributed by atoms with Crippen LogP contribution in [-0.4, -0.2) is 48.1 Å². The lowest BCUT2D eigenvalue weighted by Gasteiger charge is -2.49. The van der Waals surface area contributed by atoms with E-state index < -0.39 is 59.1 Å². The van der Waals surface area contributed by atoms with Crippen molar-refractivity contribution < 1.29 is 46.8 Å². The summed E-state index contributed by atoms with van der Waals surface area (Å²) in [5.41, 5.74) is -4.92. The maximum Gasteiger partial charge on any atom is 0.432 e. The maximum absolute atomic E-state index is 14.3. The van der Waals surface area contributed by atoms with E-state index >= 15 is 0 Å².